The van der Waals surface area contributed by atoms with Crippen LogP contribution in [0.1, 0.15) is 38.0 Å². The van der Waals surface area contributed by atoms with Crippen LogP contribution in [0.5, 0.6) is 0 Å². The molecular formula is C22H16ClN3O6. The van der Waals surface area contributed by atoms with E-state index in [1.165, 1.54) is 12.1 Å². The summed E-state index contributed by atoms with van der Waals surface area (Å²) < 4.78 is 10.3. The van der Waals surface area contributed by atoms with E-state index in [0.717, 1.165) is 4.90 Å². The molecule has 3 aromatic rings. The molecule has 0 fully saturated rings. The molecule has 0 spiro atoms. The number of ether oxygens (including phenoxy) is 1. The molecule has 2 heterocycles. The zero-order valence-electron chi connectivity index (χ0n) is 16.8. The molecule has 0 saturated heterocycles. The van der Waals surface area contributed by atoms with Crippen LogP contribution < -0.4 is 5.32 Å². The van der Waals surface area contributed by atoms with Gasteiger partial charge >= 0.3 is 5.97 Å². The van der Waals surface area contributed by atoms with Gasteiger partial charge < -0.3 is 9.26 Å². The number of anilines is 1. The fourth-order valence-electron chi connectivity index (χ4n) is 3.27. The van der Waals surface area contributed by atoms with Crippen molar-refractivity contribution in [1.82, 2.24) is 10.1 Å². The summed E-state index contributed by atoms with van der Waals surface area (Å²) in [4.78, 5) is 50.9. The van der Waals surface area contributed by atoms with Gasteiger partial charge in [-0.1, -0.05) is 41.0 Å². The van der Waals surface area contributed by atoms with Gasteiger partial charge in [0.2, 0.25) is 11.8 Å². The van der Waals surface area contributed by atoms with Crippen molar-refractivity contribution in [3.05, 3.63) is 70.2 Å². The Morgan fingerprint density at radius 2 is 1.69 bits per heavy atom. The quantitative estimate of drug-likeness (QED) is 0.448. The normalized spacial score (nSPS) is 12.6. The van der Waals surface area contributed by atoms with Crippen LogP contribution in [-0.2, 0) is 9.53 Å². The number of imide groups is 1. The highest BCUT2D eigenvalue weighted by Crippen LogP contribution is 2.31. The molecule has 1 N–H and O–H groups in total. The molecule has 0 aliphatic carbocycles. The summed E-state index contributed by atoms with van der Waals surface area (Å²) in [6.07, 6.45) is 0. The highest BCUT2D eigenvalue weighted by atomic mass is 35.5. The minimum Gasteiger partial charge on any atom is -0.462 e. The van der Waals surface area contributed by atoms with Gasteiger partial charge in [-0.15, -0.1) is 0 Å². The van der Waals surface area contributed by atoms with Crippen LogP contribution in [0.15, 0.2) is 53.1 Å². The summed E-state index contributed by atoms with van der Waals surface area (Å²) in [5.41, 5.74) is 1.02. The number of amides is 3. The predicted octanol–water partition coefficient (Wildman–Crippen LogP) is 3.41. The van der Waals surface area contributed by atoms with Crippen molar-refractivity contribution < 1.29 is 28.4 Å². The zero-order valence-corrected chi connectivity index (χ0v) is 17.5. The number of esters is 1. The molecule has 1 aliphatic heterocycles. The molecule has 10 heteroatoms. The Hall–Kier alpha value is -3.98. The highest BCUT2D eigenvalue weighted by Gasteiger charge is 2.37. The average Bonchev–Trinajstić information content (AvgIpc) is 3.30. The first-order valence-corrected chi connectivity index (χ1v) is 9.96. The number of rotatable bonds is 6. The van der Waals surface area contributed by atoms with Crippen LogP contribution in [0.25, 0.3) is 11.3 Å². The van der Waals surface area contributed by atoms with E-state index in [4.69, 9.17) is 20.9 Å². The van der Waals surface area contributed by atoms with Crippen molar-refractivity contribution in [2.75, 3.05) is 18.5 Å². The first-order valence-electron chi connectivity index (χ1n) is 9.58. The van der Waals surface area contributed by atoms with Crippen molar-refractivity contribution >= 4 is 41.2 Å². The van der Waals surface area contributed by atoms with Crippen molar-refractivity contribution in [1.29, 1.82) is 0 Å². The zero-order chi connectivity index (χ0) is 22.8. The number of hydrogen-bond acceptors (Lipinski definition) is 7. The lowest BCUT2D eigenvalue weighted by Crippen LogP contribution is -2.37. The fourth-order valence-corrected chi connectivity index (χ4v) is 3.39. The fraction of sp³-hybridized carbons (Fsp3) is 0.136. The SMILES string of the molecule is CCOC(=O)c1c(-c2ccc(Cl)cc2)noc1NC(=O)CN1C(=O)c2ccccc2C1=O. The second kappa shape index (κ2) is 8.64. The lowest BCUT2D eigenvalue weighted by atomic mass is 10.1. The molecule has 0 radical (unpaired) electrons. The number of nitrogens with zero attached hydrogens (tertiary/aromatic N) is 2. The van der Waals surface area contributed by atoms with E-state index in [9.17, 15) is 19.2 Å². The molecule has 0 atom stereocenters. The van der Waals surface area contributed by atoms with Gasteiger partial charge in [0.05, 0.1) is 17.7 Å². The van der Waals surface area contributed by atoms with Crippen molar-refractivity contribution in [3.63, 3.8) is 0 Å². The van der Waals surface area contributed by atoms with Crippen molar-refractivity contribution in [3.8, 4) is 11.3 Å². The number of nitrogens with one attached hydrogen (secondary N) is 1. The lowest BCUT2D eigenvalue weighted by molar-refractivity contribution is -0.116. The van der Waals surface area contributed by atoms with Crippen molar-refractivity contribution in [2.24, 2.45) is 0 Å². The maximum Gasteiger partial charge on any atom is 0.346 e. The van der Waals surface area contributed by atoms with Gasteiger partial charge in [0, 0.05) is 10.6 Å². The van der Waals surface area contributed by atoms with E-state index in [0.29, 0.717) is 10.6 Å². The first kappa shape index (κ1) is 21.3. The molecule has 2 aromatic carbocycles. The maximum atomic E-state index is 12.6. The van der Waals surface area contributed by atoms with E-state index in [2.05, 4.69) is 10.5 Å². The van der Waals surface area contributed by atoms with E-state index in [1.54, 1.807) is 43.3 Å². The number of aromatic nitrogens is 1. The number of carbonyl (C=O) groups is 4. The molecular weight excluding hydrogens is 438 g/mol. The Morgan fingerprint density at radius 3 is 2.28 bits per heavy atom. The number of fused-ring (bicyclic) bond motifs is 1. The largest absolute Gasteiger partial charge is 0.462 e. The highest BCUT2D eigenvalue weighted by molar-refractivity contribution is 6.30. The van der Waals surface area contributed by atoms with E-state index >= 15 is 0 Å². The van der Waals surface area contributed by atoms with Crippen molar-refractivity contribution in [2.45, 2.75) is 6.92 Å². The smallest absolute Gasteiger partial charge is 0.346 e. The van der Waals surface area contributed by atoms with Gasteiger partial charge in [-0.25, -0.2) is 4.79 Å². The molecule has 0 unspecified atom stereocenters. The van der Waals surface area contributed by atoms with Crippen LogP contribution in [0.3, 0.4) is 0 Å². The summed E-state index contributed by atoms with van der Waals surface area (Å²) in [5.74, 6) is -2.91. The van der Waals surface area contributed by atoms with Gasteiger partial charge in [0.15, 0.2) is 5.56 Å². The summed E-state index contributed by atoms with van der Waals surface area (Å²) in [7, 11) is 0. The summed E-state index contributed by atoms with van der Waals surface area (Å²) in [6, 6.07) is 12.8. The number of benzene rings is 2. The number of carbonyl (C=O) groups excluding carboxylic acids is 4. The van der Waals surface area contributed by atoms with Gasteiger partial charge in [-0.05, 0) is 31.2 Å². The van der Waals surface area contributed by atoms with E-state index < -0.39 is 30.2 Å². The molecule has 3 amide bonds. The van der Waals surface area contributed by atoms with E-state index in [-0.39, 0.29) is 34.9 Å². The minimum absolute atomic E-state index is 0.0898. The second-order valence-corrected chi connectivity index (χ2v) is 7.19. The summed E-state index contributed by atoms with van der Waals surface area (Å²) >= 11 is 5.91. The van der Waals surface area contributed by atoms with Crippen LogP contribution in [0, 0.1) is 0 Å². The second-order valence-electron chi connectivity index (χ2n) is 6.75. The van der Waals surface area contributed by atoms with Crippen LogP contribution in [0.2, 0.25) is 5.02 Å². The van der Waals surface area contributed by atoms with Crippen LogP contribution in [0.4, 0.5) is 5.88 Å². The topological polar surface area (TPSA) is 119 Å². The molecule has 162 valence electrons. The lowest BCUT2D eigenvalue weighted by Gasteiger charge is -2.13. The number of hydrogen-bond donors (Lipinski definition) is 1. The Bertz CT molecular complexity index is 1200. The Labute approximate surface area is 186 Å². The third-order valence-electron chi connectivity index (χ3n) is 4.72. The molecule has 32 heavy (non-hydrogen) atoms. The standard InChI is InChI=1S/C22H16ClN3O6/c1-2-31-22(30)17-18(12-7-9-13(23)10-8-12)25-32-19(17)24-16(27)11-26-20(28)14-5-3-4-6-15(14)21(26)29/h3-10H,2,11H2,1H3,(H,24,27). The first-order chi connectivity index (χ1) is 15.4. The Morgan fingerprint density at radius 1 is 1.06 bits per heavy atom. The van der Waals surface area contributed by atoms with Gasteiger partial charge in [0.25, 0.3) is 11.8 Å². The molecule has 0 saturated carbocycles. The Balaban J connectivity index is 1.58. The summed E-state index contributed by atoms with van der Waals surface area (Å²) in [6.45, 7) is 1.16. The predicted molar refractivity (Wildman–Crippen MR) is 113 cm³/mol. The molecule has 0 bridgehead atoms. The monoisotopic (exact) mass is 453 g/mol. The molecule has 1 aliphatic rings. The van der Waals surface area contributed by atoms with E-state index in [1.807, 2.05) is 0 Å². The molecule has 9 nitrogen and oxygen atoms in total. The third-order valence-corrected chi connectivity index (χ3v) is 4.97. The number of halogens is 1. The van der Waals surface area contributed by atoms with Crippen LogP contribution in [-0.4, -0.2) is 46.9 Å². The molecule has 4 rings (SSSR count). The maximum absolute atomic E-state index is 12.6. The van der Waals surface area contributed by atoms with Crippen LogP contribution >= 0.6 is 11.6 Å². The average molecular weight is 454 g/mol. The Kier molecular flexibility index (Phi) is 5.74. The van der Waals surface area contributed by atoms with Gasteiger partial charge in [0.1, 0.15) is 12.2 Å². The van der Waals surface area contributed by atoms with Gasteiger partial charge in [-0.2, -0.15) is 0 Å². The third kappa shape index (κ3) is 3.85. The summed E-state index contributed by atoms with van der Waals surface area (Å²) in [5, 5.41) is 6.78. The minimum atomic E-state index is -0.755. The van der Waals surface area contributed by atoms with Gasteiger partial charge in [-0.3, -0.25) is 24.6 Å². The molecule has 1 aromatic heterocycles.